The highest BCUT2D eigenvalue weighted by Gasteiger charge is 2.04. The summed E-state index contributed by atoms with van der Waals surface area (Å²) < 4.78 is 6.98. The van der Waals surface area contributed by atoms with Crippen LogP contribution in [-0.2, 0) is 0 Å². The van der Waals surface area contributed by atoms with Crippen molar-refractivity contribution in [2.45, 2.75) is 0 Å². The van der Waals surface area contributed by atoms with E-state index in [4.69, 9.17) is 10.5 Å². The van der Waals surface area contributed by atoms with Crippen molar-refractivity contribution in [2.75, 3.05) is 12.8 Å². The van der Waals surface area contributed by atoms with Crippen LogP contribution in [0.25, 0.3) is 16.9 Å². The first-order chi connectivity index (χ1) is 9.76. The van der Waals surface area contributed by atoms with Crippen molar-refractivity contribution in [3.05, 3.63) is 60.8 Å². The molecule has 0 radical (unpaired) electrons. The molecule has 100 valence electrons. The number of nitrogens with two attached hydrogens (primary N) is 1. The molecule has 0 aliphatic carbocycles. The number of aromatic nitrogens is 2. The van der Waals surface area contributed by atoms with Crippen molar-refractivity contribution in [2.24, 2.45) is 0 Å². The van der Waals surface area contributed by atoms with E-state index in [0.717, 1.165) is 28.4 Å². The van der Waals surface area contributed by atoms with Gasteiger partial charge >= 0.3 is 0 Å². The lowest BCUT2D eigenvalue weighted by Crippen LogP contribution is -1.95. The van der Waals surface area contributed by atoms with Crippen LogP contribution in [0.4, 0.5) is 5.69 Å². The first-order valence-corrected chi connectivity index (χ1v) is 6.32. The molecule has 0 bridgehead atoms. The molecule has 3 rings (SSSR count). The van der Waals surface area contributed by atoms with Crippen molar-refractivity contribution < 1.29 is 4.74 Å². The fourth-order valence-electron chi connectivity index (χ4n) is 2.05. The summed E-state index contributed by atoms with van der Waals surface area (Å²) in [5, 5.41) is 4.57. The molecule has 1 heterocycles. The van der Waals surface area contributed by atoms with Gasteiger partial charge in [0.15, 0.2) is 0 Å². The lowest BCUT2D eigenvalue weighted by atomic mass is 10.1. The lowest BCUT2D eigenvalue weighted by molar-refractivity contribution is 0.414. The number of nitrogens with zero attached hydrogens (tertiary/aromatic N) is 2. The first-order valence-electron chi connectivity index (χ1n) is 6.32. The third kappa shape index (κ3) is 2.36. The van der Waals surface area contributed by atoms with Crippen LogP contribution < -0.4 is 10.5 Å². The molecule has 3 aromatic rings. The lowest BCUT2D eigenvalue weighted by Gasteiger charge is -2.03. The molecule has 4 heteroatoms. The largest absolute Gasteiger partial charge is 0.497 e. The van der Waals surface area contributed by atoms with Gasteiger partial charge in [0.05, 0.1) is 18.5 Å². The number of nitrogen functional groups attached to an aromatic ring is 1. The van der Waals surface area contributed by atoms with Gasteiger partial charge in [0, 0.05) is 17.4 Å². The SMILES string of the molecule is COc1ccc(-n2ccc(-c3cccc(N)c3)n2)cc1. The number of anilines is 1. The van der Waals surface area contributed by atoms with Gasteiger partial charge in [-0.1, -0.05) is 12.1 Å². The number of ether oxygens (including phenoxy) is 1. The summed E-state index contributed by atoms with van der Waals surface area (Å²) in [5.74, 6) is 0.831. The molecule has 1 aromatic heterocycles. The van der Waals surface area contributed by atoms with Crippen molar-refractivity contribution in [1.82, 2.24) is 9.78 Å². The number of benzene rings is 2. The molecule has 0 spiro atoms. The molecule has 0 aliphatic heterocycles. The third-order valence-electron chi connectivity index (χ3n) is 3.11. The van der Waals surface area contributed by atoms with Crippen molar-refractivity contribution in [3.8, 4) is 22.7 Å². The van der Waals surface area contributed by atoms with Crippen LogP contribution >= 0.6 is 0 Å². The van der Waals surface area contributed by atoms with E-state index in [9.17, 15) is 0 Å². The van der Waals surface area contributed by atoms with Gasteiger partial charge in [0.2, 0.25) is 0 Å². The predicted octanol–water partition coefficient (Wildman–Crippen LogP) is 3.13. The summed E-state index contributed by atoms with van der Waals surface area (Å²) in [7, 11) is 1.65. The van der Waals surface area contributed by atoms with Gasteiger partial charge < -0.3 is 10.5 Å². The number of methoxy groups -OCH3 is 1. The van der Waals surface area contributed by atoms with Crippen LogP contribution in [0.3, 0.4) is 0 Å². The Labute approximate surface area is 117 Å². The molecule has 0 saturated heterocycles. The summed E-state index contributed by atoms with van der Waals surface area (Å²) >= 11 is 0. The maximum Gasteiger partial charge on any atom is 0.119 e. The Hall–Kier alpha value is -2.75. The average Bonchev–Trinajstić information content (AvgIpc) is 2.97. The van der Waals surface area contributed by atoms with Crippen molar-refractivity contribution in [3.63, 3.8) is 0 Å². The smallest absolute Gasteiger partial charge is 0.119 e. The summed E-state index contributed by atoms with van der Waals surface area (Å²) in [6, 6.07) is 17.4. The zero-order valence-electron chi connectivity index (χ0n) is 11.2. The monoisotopic (exact) mass is 265 g/mol. The second kappa shape index (κ2) is 5.09. The topological polar surface area (TPSA) is 53.1 Å². The zero-order valence-corrected chi connectivity index (χ0v) is 11.2. The van der Waals surface area contributed by atoms with E-state index < -0.39 is 0 Å². The van der Waals surface area contributed by atoms with Gasteiger partial charge in [0.1, 0.15) is 5.75 Å². The Bertz CT molecular complexity index is 717. The molecular formula is C16H15N3O. The minimum absolute atomic E-state index is 0.737. The normalized spacial score (nSPS) is 10.4. The molecule has 0 fully saturated rings. The molecule has 4 nitrogen and oxygen atoms in total. The van der Waals surface area contributed by atoms with E-state index in [1.807, 2.05) is 65.5 Å². The second-order valence-electron chi connectivity index (χ2n) is 4.47. The zero-order chi connectivity index (χ0) is 13.9. The van der Waals surface area contributed by atoms with Crippen LogP contribution in [-0.4, -0.2) is 16.9 Å². The Morgan fingerprint density at radius 2 is 1.85 bits per heavy atom. The maximum atomic E-state index is 5.80. The number of hydrogen-bond donors (Lipinski definition) is 1. The van der Waals surface area contributed by atoms with Crippen LogP contribution in [0.5, 0.6) is 5.75 Å². The van der Waals surface area contributed by atoms with Crippen LogP contribution in [0.2, 0.25) is 0 Å². The fourth-order valence-corrected chi connectivity index (χ4v) is 2.05. The standard InChI is InChI=1S/C16H15N3O/c1-20-15-7-5-14(6-8-15)19-10-9-16(18-19)12-3-2-4-13(17)11-12/h2-11H,17H2,1H3. The van der Waals surface area contributed by atoms with Crippen LogP contribution in [0.15, 0.2) is 60.8 Å². The molecule has 0 amide bonds. The molecule has 0 aliphatic rings. The minimum atomic E-state index is 0.737. The molecule has 0 unspecified atom stereocenters. The quantitative estimate of drug-likeness (QED) is 0.740. The minimum Gasteiger partial charge on any atom is -0.497 e. The summed E-state index contributed by atoms with van der Waals surface area (Å²) in [6.07, 6.45) is 1.93. The van der Waals surface area contributed by atoms with E-state index >= 15 is 0 Å². The average molecular weight is 265 g/mol. The highest BCUT2D eigenvalue weighted by Crippen LogP contribution is 2.21. The first kappa shape index (κ1) is 12.3. The summed E-state index contributed by atoms with van der Waals surface area (Å²) in [5.41, 5.74) is 9.43. The molecule has 2 N–H and O–H groups in total. The summed E-state index contributed by atoms with van der Waals surface area (Å²) in [4.78, 5) is 0. The third-order valence-corrected chi connectivity index (χ3v) is 3.11. The highest BCUT2D eigenvalue weighted by molar-refractivity contribution is 5.63. The molecular weight excluding hydrogens is 250 g/mol. The summed E-state index contributed by atoms with van der Waals surface area (Å²) in [6.45, 7) is 0. The van der Waals surface area contributed by atoms with Crippen molar-refractivity contribution in [1.29, 1.82) is 0 Å². The number of rotatable bonds is 3. The van der Waals surface area contributed by atoms with E-state index in [-0.39, 0.29) is 0 Å². The molecule has 0 atom stereocenters. The van der Waals surface area contributed by atoms with E-state index in [1.165, 1.54) is 0 Å². The fraction of sp³-hybridized carbons (Fsp3) is 0.0625. The Balaban J connectivity index is 1.93. The molecule has 2 aromatic carbocycles. The van der Waals surface area contributed by atoms with Gasteiger partial charge in [-0.15, -0.1) is 0 Å². The van der Waals surface area contributed by atoms with Gasteiger partial charge in [-0.05, 0) is 42.5 Å². The van der Waals surface area contributed by atoms with Crippen molar-refractivity contribution >= 4 is 5.69 Å². The Morgan fingerprint density at radius 1 is 1.05 bits per heavy atom. The Kier molecular flexibility index (Phi) is 3.13. The molecule has 0 saturated carbocycles. The Morgan fingerprint density at radius 3 is 2.55 bits per heavy atom. The van der Waals surface area contributed by atoms with E-state index in [0.29, 0.717) is 0 Å². The number of hydrogen-bond acceptors (Lipinski definition) is 3. The maximum absolute atomic E-state index is 5.80. The highest BCUT2D eigenvalue weighted by atomic mass is 16.5. The van der Waals surface area contributed by atoms with Gasteiger partial charge in [0.25, 0.3) is 0 Å². The van der Waals surface area contributed by atoms with Crippen LogP contribution in [0, 0.1) is 0 Å². The predicted molar refractivity (Wildman–Crippen MR) is 80.0 cm³/mol. The van der Waals surface area contributed by atoms with Gasteiger partial charge in [-0.2, -0.15) is 5.10 Å². The molecule has 20 heavy (non-hydrogen) atoms. The second-order valence-corrected chi connectivity index (χ2v) is 4.47. The van der Waals surface area contributed by atoms with E-state index in [2.05, 4.69) is 5.10 Å². The van der Waals surface area contributed by atoms with E-state index in [1.54, 1.807) is 7.11 Å². The van der Waals surface area contributed by atoms with Crippen LogP contribution in [0.1, 0.15) is 0 Å². The van der Waals surface area contributed by atoms with Gasteiger partial charge in [-0.25, -0.2) is 4.68 Å². The van der Waals surface area contributed by atoms with Gasteiger partial charge in [-0.3, -0.25) is 0 Å².